The quantitative estimate of drug-likeness (QED) is 0.595. The molecule has 0 bridgehead atoms. The average molecular weight is 158 g/mol. The summed E-state index contributed by atoms with van der Waals surface area (Å²) >= 11 is 0. The third-order valence-electron chi connectivity index (χ3n) is 3.03. The molecule has 3 atom stereocenters. The molecule has 0 amide bonds. The molecule has 1 aliphatic rings. The molecule has 1 saturated carbocycles. The molecular formula is C8H14O3. The van der Waals surface area contributed by atoms with Gasteiger partial charge in [0, 0.05) is 0 Å². The van der Waals surface area contributed by atoms with E-state index in [1.165, 1.54) is 0 Å². The van der Waals surface area contributed by atoms with Crippen molar-refractivity contribution in [1.29, 1.82) is 0 Å². The topological polar surface area (TPSA) is 57.5 Å². The molecule has 0 aromatic rings. The van der Waals surface area contributed by atoms with Gasteiger partial charge in [0.25, 0.3) is 0 Å². The molecule has 1 rings (SSSR count). The normalized spacial score (nSPS) is 44.3. The van der Waals surface area contributed by atoms with Crippen LogP contribution in [0.25, 0.3) is 0 Å². The van der Waals surface area contributed by atoms with E-state index >= 15 is 0 Å². The van der Waals surface area contributed by atoms with Gasteiger partial charge in [-0.3, -0.25) is 4.79 Å². The van der Waals surface area contributed by atoms with Crippen molar-refractivity contribution in [2.45, 2.75) is 32.8 Å². The van der Waals surface area contributed by atoms with Gasteiger partial charge >= 0.3 is 5.97 Å². The zero-order valence-electron chi connectivity index (χ0n) is 6.87. The molecule has 3 nitrogen and oxygen atoms in total. The number of carboxylic acid groups (broad SMARTS) is 1. The van der Waals surface area contributed by atoms with Crippen LogP contribution in [0, 0.1) is 11.3 Å². The molecule has 0 spiro atoms. The first-order valence-corrected chi connectivity index (χ1v) is 3.90. The Morgan fingerprint density at radius 3 is 2.36 bits per heavy atom. The van der Waals surface area contributed by atoms with Crippen LogP contribution in [0.2, 0.25) is 0 Å². The van der Waals surface area contributed by atoms with Gasteiger partial charge in [-0.05, 0) is 25.7 Å². The van der Waals surface area contributed by atoms with Crippen LogP contribution in [-0.4, -0.2) is 22.3 Å². The third kappa shape index (κ3) is 1.13. The number of hydrogen-bond acceptors (Lipinski definition) is 2. The molecule has 2 N–H and O–H groups in total. The number of carboxylic acids is 1. The van der Waals surface area contributed by atoms with Crippen LogP contribution in [0.1, 0.15) is 26.7 Å². The van der Waals surface area contributed by atoms with E-state index in [-0.39, 0.29) is 5.92 Å². The lowest BCUT2D eigenvalue weighted by molar-refractivity contribution is -0.150. The summed E-state index contributed by atoms with van der Waals surface area (Å²) < 4.78 is 0. The minimum absolute atomic E-state index is 0.125. The second kappa shape index (κ2) is 2.48. The van der Waals surface area contributed by atoms with Gasteiger partial charge in [-0.15, -0.1) is 0 Å². The molecule has 11 heavy (non-hydrogen) atoms. The van der Waals surface area contributed by atoms with Crippen molar-refractivity contribution in [1.82, 2.24) is 0 Å². The van der Waals surface area contributed by atoms with Gasteiger partial charge in [-0.25, -0.2) is 0 Å². The number of aliphatic hydroxyl groups excluding tert-OH is 1. The second-order valence-electron chi connectivity index (χ2n) is 3.62. The Hall–Kier alpha value is -0.570. The molecule has 1 aliphatic carbocycles. The highest BCUT2D eigenvalue weighted by Crippen LogP contribution is 2.42. The molecule has 0 aromatic carbocycles. The van der Waals surface area contributed by atoms with Gasteiger partial charge in [-0.1, -0.05) is 6.92 Å². The van der Waals surface area contributed by atoms with Crippen molar-refractivity contribution in [2.24, 2.45) is 11.3 Å². The van der Waals surface area contributed by atoms with Crippen LogP contribution in [-0.2, 0) is 4.79 Å². The Kier molecular flexibility index (Phi) is 1.92. The molecule has 0 heterocycles. The second-order valence-corrected chi connectivity index (χ2v) is 3.62. The highest BCUT2D eigenvalue weighted by atomic mass is 16.4. The Morgan fingerprint density at radius 1 is 1.64 bits per heavy atom. The lowest BCUT2D eigenvalue weighted by atomic mass is 9.80. The summed E-state index contributed by atoms with van der Waals surface area (Å²) in [6.07, 6.45) is 0.769. The van der Waals surface area contributed by atoms with Gasteiger partial charge in [0.2, 0.25) is 0 Å². The Balaban J connectivity index is 2.81. The van der Waals surface area contributed by atoms with E-state index in [1.54, 1.807) is 13.8 Å². The van der Waals surface area contributed by atoms with Crippen LogP contribution < -0.4 is 0 Å². The zero-order valence-corrected chi connectivity index (χ0v) is 6.87. The number of hydrogen-bond donors (Lipinski definition) is 2. The van der Waals surface area contributed by atoms with Crippen molar-refractivity contribution < 1.29 is 15.0 Å². The van der Waals surface area contributed by atoms with E-state index in [2.05, 4.69) is 0 Å². The van der Waals surface area contributed by atoms with Crippen LogP contribution in [0.5, 0.6) is 0 Å². The van der Waals surface area contributed by atoms with Crippen molar-refractivity contribution >= 4 is 5.97 Å². The molecule has 0 saturated heterocycles. The SMILES string of the molecule is CC1C(O)CCC1(C)C(=O)O. The van der Waals surface area contributed by atoms with Crippen molar-refractivity contribution in [2.75, 3.05) is 0 Å². The third-order valence-corrected chi connectivity index (χ3v) is 3.03. The fourth-order valence-electron chi connectivity index (χ4n) is 1.65. The molecule has 0 aliphatic heterocycles. The van der Waals surface area contributed by atoms with Crippen molar-refractivity contribution in [3.05, 3.63) is 0 Å². The summed E-state index contributed by atoms with van der Waals surface area (Å²) in [5.74, 6) is -0.915. The fourth-order valence-corrected chi connectivity index (χ4v) is 1.65. The summed E-state index contributed by atoms with van der Waals surface area (Å²) in [7, 11) is 0. The van der Waals surface area contributed by atoms with E-state index < -0.39 is 17.5 Å². The van der Waals surface area contributed by atoms with E-state index in [9.17, 15) is 9.90 Å². The maximum Gasteiger partial charge on any atom is 0.309 e. The maximum atomic E-state index is 10.8. The lowest BCUT2D eigenvalue weighted by Gasteiger charge is -2.24. The smallest absolute Gasteiger partial charge is 0.309 e. The fraction of sp³-hybridized carbons (Fsp3) is 0.875. The van der Waals surface area contributed by atoms with Crippen LogP contribution in [0.3, 0.4) is 0 Å². The number of aliphatic hydroxyl groups is 1. The van der Waals surface area contributed by atoms with Gasteiger partial charge in [0.15, 0.2) is 0 Å². The van der Waals surface area contributed by atoms with Crippen LogP contribution in [0.15, 0.2) is 0 Å². The van der Waals surface area contributed by atoms with E-state index in [0.29, 0.717) is 12.8 Å². The van der Waals surface area contributed by atoms with E-state index in [4.69, 9.17) is 5.11 Å². The number of rotatable bonds is 1. The predicted molar refractivity (Wildman–Crippen MR) is 40.1 cm³/mol. The summed E-state index contributed by atoms with van der Waals surface area (Å²) in [6.45, 7) is 3.50. The summed E-state index contributed by atoms with van der Waals surface area (Å²) in [4.78, 5) is 10.8. The Bertz CT molecular complexity index is 178. The van der Waals surface area contributed by atoms with E-state index in [0.717, 1.165) is 0 Å². The van der Waals surface area contributed by atoms with Crippen molar-refractivity contribution in [3.63, 3.8) is 0 Å². The average Bonchev–Trinajstić information content (AvgIpc) is 2.18. The van der Waals surface area contributed by atoms with Gasteiger partial charge in [0.1, 0.15) is 0 Å². The van der Waals surface area contributed by atoms with Crippen molar-refractivity contribution in [3.8, 4) is 0 Å². The monoisotopic (exact) mass is 158 g/mol. The minimum Gasteiger partial charge on any atom is -0.481 e. The summed E-state index contributed by atoms with van der Waals surface area (Å²) in [6, 6.07) is 0. The van der Waals surface area contributed by atoms with Crippen LogP contribution >= 0.6 is 0 Å². The van der Waals surface area contributed by atoms with Gasteiger partial charge in [-0.2, -0.15) is 0 Å². The molecule has 1 fully saturated rings. The molecule has 3 unspecified atom stereocenters. The van der Waals surface area contributed by atoms with Crippen LogP contribution in [0.4, 0.5) is 0 Å². The molecule has 0 aromatic heterocycles. The number of aliphatic carboxylic acids is 1. The first kappa shape index (κ1) is 8.53. The first-order valence-electron chi connectivity index (χ1n) is 3.90. The van der Waals surface area contributed by atoms with Gasteiger partial charge in [0.05, 0.1) is 11.5 Å². The zero-order chi connectivity index (χ0) is 8.65. The largest absolute Gasteiger partial charge is 0.481 e. The molecular weight excluding hydrogens is 144 g/mol. The highest BCUT2D eigenvalue weighted by molar-refractivity contribution is 5.75. The summed E-state index contributed by atoms with van der Waals surface area (Å²) in [5.41, 5.74) is -0.709. The standard InChI is InChI=1S/C8H14O3/c1-5-6(9)3-4-8(5,2)7(10)11/h5-6,9H,3-4H2,1-2H3,(H,10,11). The molecule has 3 heteroatoms. The van der Waals surface area contributed by atoms with Gasteiger partial charge < -0.3 is 10.2 Å². The lowest BCUT2D eigenvalue weighted by Crippen LogP contribution is -2.33. The Morgan fingerprint density at radius 2 is 2.18 bits per heavy atom. The Labute approximate surface area is 66.0 Å². The molecule has 64 valence electrons. The number of carbonyl (C=O) groups is 1. The summed E-state index contributed by atoms with van der Waals surface area (Å²) in [5, 5.41) is 18.2. The molecule has 0 radical (unpaired) electrons. The predicted octanol–water partition coefficient (Wildman–Crippen LogP) is 0.868. The van der Waals surface area contributed by atoms with E-state index in [1.807, 2.05) is 0 Å². The highest BCUT2D eigenvalue weighted by Gasteiger charge is 2.47. The first-order chi connectivity index (χ1) is 4.98. The minimum atomic E-state index is -0.790. The maximum absolute atomic E-state index is 10.8.